The molecule has 4 rings (SSSR count). The second-order valence-electron chi connectivity index (χ2n) is 7.40. The lowest BCUT2D eigenvalue weighted by Gasteiger charge is -2.32. The third-order valence-electron chi connectivity index (χ3n) is 5.37. The Morgan fingerprint density at radius 2 is 2.03 bits per heavy atom. The largest absolute Gasteiger partial charge is 0.465 e. The van der Waals surface area contributed by atoms with Crippen molar-refractivity contribution in [2.24, 2.45) is 5.92 Å². The van der Waals surface area contributed by atoms with Gasteiger partial charge in [0.1, 0.15) is 18.0 Å². The predicted octanol–water partition coefficient (Wildman–Crippen LogP) is 2.64. The maximum absolute atomic E-state index is 11.0. The van der Waals surface area contributed by atoms with Crippen molar-refractivity contribution in [1.29, 1.82) is 0 Å². The number of piperidine rings is 1. The molecule has 0 aliphatic carbocycles. The summed E-state index contributed by atoms with van der Waals surface area (Å²) < 4.78 is 10.8. The molecule has 0 unspecified atom stereocenters. The molecule has 1 saturated heterocycles. The number of nitrogens with zero attached hydrogens (tertiary/aromatic N) is 4. The topological polar surface area (TPSA) is 100 Å². The molecular weight excluding hydrogens is 374 g/mol. The van der Waals surface area contributed by atoms with E-state index >= 15 is 0 Å². The number of fused-ring (bicyclic) bond motifs is 1. The van der Waals surface area contributed by atoms with Crippen molar-refractivity contribution in [3.63, 3.8) is 0 Å². The Hall–Kier alpha value is -3.23. The summed E-state index contributed by atoms with van der Waals surface area (Å²) in [5.41, 5.74) is 1.08. The number of ether oxygens (including phenoxy) is 2. The van der Waals surface area contributed by atoms with Crippen LogP contribution in [-0.4, -0.2) is 59.5 Å². The normalized spacial score (nSPS) is 16.0. The fourth-order valence-corrected chi connectivity index (χ4v) is 3.68. The van der Waals surface area contributed by atoms with Gasteiger partial charge in [0, 0.05) is 39.3 Å². The zero-order valence-electron chi connectivity index (χ0n) is 16.4. The van der Waals surface area contributed by atoms with E-state index in [0.717, 1.165) is 48.1 Å². The molecule has 3 heterocycles. The summed E-state index contributed by atoms with van der Waals surface area (Å²) in [6.07, 6.45) is 2.47. The average Bonchev–Trinajstić information content (AvgIpc) is 3.21. The maximum atomic E-state index is 11.0. The Labute approximate surface area is 169 Å². The van der Waals surface area contributed by atoms with Crippen molar-refractivity contribution in [3.05, 3.63) is 36.2 Å². The van der Waals surface area contributed by atoms with Crippen LogP contribution in [0, 0.1) is 5.92 Å². The van der Waals surface area contributed by atoms with Crippen LogP contribution in [-0.2, 0) is 6.54 Å². The van der Waals surface area contributed by atoms with E-state index in [0.29, 0.717) is 25.6 Å². The van der Waals surface area contributed by atoms with Crippen LogP contribution < -0.4 is 19.7 Å². The van der Waals surface area contributed by atoms with E-state index in [1.54, 1.807) is 6.33 Å². The number of likely N-dealkylation sites (tertiary alicyclic amines) is 1. The number of hydrogen-bond acceptors (Lipinski definition) is 7. The molecule has 0 radical (unpaired) electrons. The Morgan fingerprint density at radius 3 is 2.83 bits per heavy atom. The first-order valence-corrected chi connectivity index (χ1v) is 9.72. The highest BCUT2D eigenvalue weighted by Crippen LogP contribution is 2.32. The van der Waals surface area contributed by atoms with Gasteiger partial charge >= 0.3 is 6.09 Å². The average molecular weight is 399 g/mol. The predicted molar refractivity (Wildman–Crippen MR) is 108 cm³/mol. The molecule has 29 heavy (non-hydrogen) atoms. The van der Waals surface area contributed by atoms with E-state index < -0.39 is 6.09 Å². The lowest BCUT2D eigenvalue weighted by atomic mass is 9.96. The zero-order chi connectivity index (χ0) is 20.2. The Morgan fingerprint density at radius 1 is 1.24 bits per heavy atom. The lowest BCUT2D eigenvalue weighted by molar-refractivity contribution is 0.125. The van der Waals surface area contributed by atoms with Gasteiger partial charge in [0.15, 0.2) is 11.5 Å². The second-order valence-corrected chi connectivity index (χ2v) is 7.40. The van der Waals surface area contributed by atoms with Gasteiger partial charge in [-0.05, 0) is 36.5 Å². The fraction of sp³-hybridized carbons (Fsp3) is 0.450. The molecule has 2 aliphatic rings. The lowest BCUT2D eigenvalue weighted by Crippen LogP contribution is -2.40. The van der Waals surface area contributed by atoms with Gasteiger partial charge in [0.25, 0.3) is 0 Å². The Kier molecular flexibility index (Phi) is 5.55. The molecule has 2 aromatic rings. The first-order valence-electron chi connectivity index (χ1n) is 9.72. The first kappa shape index (κ1) is 19.1. The van der Waals surface area contributed by atoms with Crippen LogP contribution in [0.25, 0.3) is 0 Å². The molecule has 2 N–H and O–H groups in total. The van der Waals surface area contributed by atoms with Crippen LogP contribution in [0.2, 0.25) is 0 Å². The number of rotatable bonds is 6. The van der Waals surface area contributed by atoms with Gasteiger partial charge in [-0.2, -0.15) is 0 Å². The van der Waals surface area contributed by atoms with E-state index in [2.05, 4.69) is 20.2 Å². The molecule has 154 valence electrons. The smallest absolute Gasteiger partial charge is 0.407 e. The summed E-state index contributed by atoms with van der Waals surface area (Å²) in [5, 5.41) is 12.4. The van der Waals surface area contributed by atoms with E-state index in [4.69, 9.17) is 14.6 Å². The van der Waals surface area contributed by atoms with Crippen LogP contribution in [0.1, 0.15) is 18.4 Å². The third-order valence-corrected chi connectivity index (χ3v) is 5.37. The summed E-state index contributed by atoms with van der Waals surface area (Å²) in [4.78, 5) is 23.3. The van der Waals surface area contributed by atoms with Crippen molar-refractivity contribution in [2.75, 3.05) is 43.7 Å². The summed E-state index contributed by atoms with van der Waals surface area (Å²) in [6, 6.07) is 7.80. The monoisotopic (exact) mass is 399 g/mol. The summed E-state index contributed by atoms with van der Waals surface area (Å²) in [7, 11) is 2.01. The zero-order valence-corrected chi connectivity index (χ0v) is 16.4. The van der Waals surface area contributed by atoms with Crippen molar-refractivity contribution in [1.82, 2.24) is 14.9 Å². The van der Waals surface area contributed by atoms with Gasteiger partial charge in [0.2, 0.25) is 6.79 Å². The van der Waals surface area contributed by atoms with Gasteiger partial charge in [-0.25, -0.2) is 14.8 Å². The third kappa shape index (κ3) is 4.61. The molecule has 0 spiro atoms. The highest BCUT2D eigenvalue weighted by Gasteiger charge is 2.23. The molecule has 0 saturated carbocycles. The number of carbonyl (C=O) groups is 1. The van der Waals surface area contributed by atoms with Crippen LogP contribution in [0.15, 0.2) is 30.6 Å². The minimum Gasteiger partial charge on any atom is -0.465 e. The van der Waals surface area contributed by atoms with Gasteiger partial charge in [-0.15, -0.1) is 0 Å². The molecule has 1 amide bonds. The summed E-state index contributed by atoms with van der Waals surface area (Å²) in [6.45, 7) is 2.92. The van der Waals surface area contributed by atoms with Gasteiger partial charge in [0.05, 0.1) is 0 Å². The molecule has 1 aromatic carbocycles. The minimum absolute atomic E-state index is 0.267. The number of amides is 1. The molecule has 9 nitrogen and oxygen atoms in total. The number of nitrogens with one attached hydrogen (secondary N) is 1. The molecule has 9 heteroatoms. The van der Waals surface area contributed by atoms with E-state index in [-0.39, 0.29) is 6.79 Å². The fourth-order valence-electron chi connectivity index (χ4n) is 3.68. The van der Waals surface area contributed by atoms with Crippen molar-refractivity contribution >= 4 is 17.7 Å². The van der Waals surface area contributed by atoms with Crippen molar-refractivity contribution in [3.8, 4) is 11.5 Å². The highest BCUT2D eigenvalue weighted by molar-refractivity contribution is 5.65. The quantitative estimate of drug-likeness (QED) is 0.765. The summed E-state index contributed by atoms with van der Waals surface area (Å²) in [5.74, 6) is 3.58. The molecule has 1 aromatic heterocycles. The van der Waals surface area contributed by atoms with Crippen LogP contribution >= 0.6 is 0 Å². The van der Waals surface area contributed by atoms with E-state index in [9.17, 15) is 4.79 Å². The van der Waals surface area contributed by atoms with E-state index in [1.165, 1.54) is 4.90 Å². The highest BCUT2D eigenvalue weighted by atomic mass is 16.7. The number of anilines is 2. The Balaban J connectivity index is 1.31. The summed E-state index contributed by atoms with van der Waals surface area (Å²) >= 11 is 0. The van der Waals surface area contributed by atoms with Crippen molar-refractivity contribution < 1.29 is 19.4 Å². The van der Waals surface area contributed by atoms with E-state index in [1.807, 2.05) is 31.3 Å². The molecular formula is C20H25N5O4. The van der Waals surface area contributed by atoms with Crippen LogP contribution in [0.3, 0.4) is 0 Å². The number of carboxylic acid groups (broad SMARTS) is 1. The second kappa shape index (κ2) is 8.42. The SMILES string of the molecule is CN(CC1CCN(C(=O)O)CC1)c1cc(NCc2ccc3c(c2)OCO3)ncn1. The Bertz CT molecular complexity index is 870. The maximum Gasteiger partial charge on any atom is 0.407 e. The van der Waals surface area contributed by atoms with Crippen molar-refractivity contribution in [2.45, 2.75) is 19.4 Å². The number of benzene rings is 1. The van der Waals surface area contributed by atoms with Gasteiger partial charge in [-0.3, -0.25) is 0 Å². The standard InChI is InChI=1S/C20H25N5O4/c1-24(11-14-4-6-25(7-5-14)20(26)27)19-9-18(22-12-23-19)21-10-15-2-3-16-17(8-15)29-13-28-16/h2-3,8-9,12,14H,4-7,10-11,13H2,1H3,(H,26,27)(H,21,22,23). The molecule has 2 aliphatic heterocycles. The van der Waals surface area contributed by atoms with Crippen LogP contribution in [0.4, 0.5) is 16.4 Å². The van der Waals surface area contributed by atoms with Gasteiger partial charge < -0.3 is 29.7 Å². The van der Waals surface area contributed by atoms with Gasteiger partial charge in [-0.1, -0.05) is 6.07 Å². The number of hydrogen-bond donors (Lipinski definition) is 2. The first-order chi connectivity index (χ1) is 14.1. The number of aromatic nitrogens is 2. The molecule has 0 bridgehead atoms. The minimum atomic E-state index is -0.828. The molecule has 0 atom stereocenters. The van der Waals surface area contributed by atoms with Crippen LogP contribution in [0.5, 0.6) is 11.5 Å². The molecule has 1 fully saturated rings.